The molecule has 8 heteroatoms. The number of aromatic nitrogens is 1. The van der Waals surface area contributed by atoms with E-state index in [1.807, 2.05) is 38.1 Å². The third kappa shape index (κ3) is 6.20. The number of amides is 1. The number of hydrogen-bond donors (Lipinski definition) is 1. The van der Waals surface area contributed by atoms with E-state index in [4.69, 9.17) is 32.7 Å². The topological polar surface area (TPSA) is 72.8 Å². The molecule has 0 saturated heterocycles. The van der Waals surface area contributed by atoms with Crippen LogP contribution in [0.25, 0.3) is 0 Å². The van der Waals surface area contributed by atoms with Crippen LogP contribution in [0.4, 0.5) is 0 Å². The Morgan fingerprint density at radius 2 is 2.00 bits per heavy atom. The van der Waals surface area contributed by atoms with Gasteiger partial charge in [-0.25, -0.2) is 10.4 Å². The van der Waals surface area contributed by atoms with Gasteiger partial charge in [-0.15, -0.1) is 0 Å². The van der Waals surface area contributed by atoms with Gasteiger partial charge in [0.1, 0.15) is 11.8 Å². The van der Waals surface area contributed by atoms with Gasteiger partial charge >= 0.3 is 0 Å². The smallest absolute Gasteiger partial charge is 0.274 e. The van der Waals surface area contributed by atoms with Crippen molar-refractivity contribution in [2.24, 2.45) is 5.10 Å². The number of halogens is 2. The molecule has 1 heterocycles. The molecule has 0 aliphatic carbocycles. The molecule has 2 aromatic carbocycles. The summed E-state index contributed by atoms with van der Waals surface area (Å²) in [5, 5.41) is 4.45. The highest BCUT2D eigenvalue weighted by atomic mass is 35.5. The Labute approximate surface area is 190 Å². The van der Waals surface area contributed by atoms with E-state index in [0.717, 1.165) is 11.1 Å². The van der Waals surface area contributed by atoms with Gasteiger partial charge in [-0.2, -0.15) is 5.10 Å². The molecule has 0 fully saturated rings. The van der Waals surface area contributed by atoms with E-state index in [0.29, 0.717) is 35.3 Å². The first-order valence-corrected chi connectivity index (χ1v) is 10.3. The fraction of sp³-hybridized carbons (Fsp3) is 0.174. The normalized spacial score (nSPS) is 10.8. The maximum atomic E-state index is 12.2. The molecule has 6 nitrogen and oxygen atoms in total. The van der Waals surface area contributed by atoms with Crippen LogP contribution in [0, 0.1) is 6.92 Å². The zero-order valence-electron chi connectivity index (χ0n) is 17.1. The zero-order chi connectivity index (χ0) is 22.2. The van der Waals surface area contributed by atoms with Crippen molar-refractivity contribution < 1.29 is 14.3 Å². The standard InChI is InChI=1S/C23H21Cl2N3O3/c1-3-30-20-12-17(13-27-28-23(29)18-8-5-9-26-22(18)25)11-19(24)21(20)31-14-16-7-4-6-15(2)10-16/h4-13H,3,14H2,1-2H3,(H,28,29). The minimum absolute atomic E-state index is 0.104. The lowest BCUT2D eigenvalue weighted by molar-refractivity contribution is 0.0955. The predicted octanol–water partition coefficient (Wildman–Crippen LogP) is 5.44. The number of nitrogens with zero attached hydrogens (tertiary/aromatic N) is 2. The minimum Gasteiger partial charge on any atom is -0.490 e. The number of benzene rings is 2. The molecule has 31 heavy (non-hydrogen) atoms. The fourth-order valence-electron chi connectivity index (χ4n) is 2.80. The number of hydrazone groups is 1. The molecule has 1 amide bonds. The zero-order valence-corrected chi connectivity index (χ0v) is 18.6. The Bertz CT molecular complexity index is 1100. The van der Waals surface area contributed by atoms with Crippen LogP contribution >= 0.6 is 23.2 Å². The highest BCUT2D eigenvalue weighted by molar-refractivity contribution is 6.33. The van der Waals surface area contributed by atoms with Crippen LogP contribution < -0.4 is 14.9 Å². The van der Waals surface area contributed by atoms with Gasteiger partial charge in [0.05, 0.1) is 23.4 Å². The van der Waals surface area contributed by atoms with Gasteiger partial charge in [0.15, 0.2) is 11.5 Å². The molecule has 0 aliphatic heterocycles. The van der Waals surface area contributed by atoms with Gasteiger partial charge in [-0.1, -0.05) is 53.0 Å². The number of rotatable bonds is 8. The maximum absolute atomic E-state index is 12.2. The monoisotopic (exact) mass is 457 g/mol. The molecule has 0 saturated carbocycles. The molecule has 0 radical (unpaired) electrons. The molecule has 3 rings (SSSR count). The highest BCUT2D eigenvalue weighted by Crippen LogP contribution is 2.37. The third-order valence-electron chi connectivity index (χ3n) is 4.18. The van der Waals surface area contributed by atoms with Crippen molar-refractivity contribution >= 4 is 35.3 Å². The summed E-state index contributed by atoms with van der Waals surface area (Å²) < 4.78 is 11.6. The fourth-order valence-corrected chi connectivity index (χ4v) is 3.28. The van der Waals surface area contributed by atoms with Crippen LogP contribution in [0.2, 0.25) is 10.2 Å². The van der Waals surface area contributed by atoms with Crippen LogP contribution in [0.5, 0.6) is 11.5 Å². The molecular formula is C23H21Cl2N3O3. The highest BCUT2D eigenvalue weighted by Gasteiger charge is 2.13. The summed E-state index contributed by atoms with van der Waals surface area (Å²) >= 11 is 12.4. The minimum atomic E-state index is -0.469. The Balaban J connectivity index is 1.73. The SMILES string of the molecule is CCOc1cc(C=NNC(=O)c2cccnc2Cl)cc(Cl)c1OCc1cccc(C)c1. The van der Waals surface area contributed by atoms with Gasteiger partial charge in [0, 0.05) is 6.20 Å². The summed E-state index contributed by atoms with van der Waals surface area (Å²) in [6, 6.07) is 14.6. The summed E-state index contributed by atoms with van der Waals surface area (Å²) in [4.78, 5) is 16.0. The molecular weight excluding hydrogens is 437 g/mol. The number of carbonyl (C=O) groups is 1. The molecule has 0 unspecified atom stereocenters. The lowest BCUT2D eigenvalue weighted by Gasteiger charge is -2.14. The number of aryl methyl sites for hydroxylation is 1. The number of pyridine rings is 1. The quantitative estimate of drug-likeness (QED) is 0.277. The molecule has 3 aromatic rings. The number of hydrogen-bond acceptors (Lipinski definition) is 5. The summed E-state index contributed by atoms with van der Waals surface area (Å²) in [5.41, 5.74) is 5.46. The first-order valence-electron chi connectivity index (χ1n) is 9.56. The van der Waals surface area contributed by atoms with Crippen LogP contribution in [0.1, 0.15) is 34.0 Å². The maximum Gasteiger partial charge on any atom is 0.274 e. The summed E-state index contributed by atoms with van der Waals surface area (Å²) in [6.07, 6.45) is 2.96. The summed E-state index contributed by atoms with van der Waals surface area (Å²) in [5.74, 6) is 0.475. The van der Waals surface area contributed by atoms with Crippen molar-refractivity contribution in [1.29, 1.82) is 0 Å². The van der Waals surface area contributed by atoms with Crippen molar-refractivity contribution in [3.8, 4) is 11.5 Å². The van der Waals surface area contributed by atoms with Crippen molar-refractivity contribution in [2.45, 2.75) is 20.5 Å². The van der Waals surface area contributed by atoms with E-state index >= 15 is 0 Å². The van der Waals surface area contributed by atoms with Crippen molar-refractivity contribution in [1.82, 2.24) is 10.4 Å². The molecule has 0 bridgehead atoms. The van der Waals surface area contributed by atoms with E-state index in [2.05, 4.69) is 15.5 Å². The molecule has 1 aromatic heterocycles. The molecule has 0 aliphatic rings. The van der Waals surface area contributed by atoms with Crippen molar-refractivity contribution in [3.63, 3.8) is 0 Å². The van der Waals surface area contributed by atoms with E-state index in [-0.39, 0.29) is 10.7 Å². The summed E-state index contributed by atoms with van der Waals surface area (Å²) in [6.45, 7) is 4.69. The first-order chi connectivity index (χ1) is 15.0. The summed E-state index contributed by atoms with van der Waals surface area (Å²) in [7, 11) is 0. The average Bonchev–Trinajstić information content (AvgIpc) is 2.73. The Morgan fingerprint density at radius 3 is 2.74 bits per heavy atom. The first kappa shape index (κ1) is 22.6. The van der Waals surface area contributed by atoms with Crippen LogP contribution in [-0.2, 0) is 6.61 Å². The van der Waals surface area contributed by atoms with E-state index < -0.39 is 5.91 Å². The number of carbonyl (C=O) groups excluding carboxylic acids is 1. The molecule has 1 N–H and O–H groups in total. The molecule has 0 spiro atoms. The Kier molecular flexibility index (Phi) is 7.87. The number of nitrogens with one attached hydrogen (secondary N) is 1. The Hall–Kier alpha value is -3.09. The molecule has 0 atom stereocenters. The van der Waals surface area contributed by atoms with Crippen molar-refractivity contribution in [2.75, 3.05) is 6.61 Å². The van der Waals surface area contributed by atoms with E-state index in [9.17, 15) is 4.79 Å². The van der Waals surface area contributed by atoms with Crippen molar-refractivity contribution in [3.05, 3.63) is 87.2 Å². The molecule has 160 valence electrons. The van der Waals surface area contributed by atoms with E-state index in [1.54, 1.807) is 24.3 Å². The lowest BCUT2D eigenvalue weighted by Crippen LogP contribution is -2.18. The van der Waals surface area contributed by atoms with Crippen LogP contribution in [-0.4, -0.2) is 23.7 Å². The second-order valence-electron chi connectivity index (χ2n) is 6.58. The van der Waals surface area contributed by atoms with Gasteiger partial charge in [0.25, 0.3) is 5.91 Å². The third-order valence-corrected chi connectivity index (χ3v) is 4.76. The average molecular weight is 458 g/mol. The largest absolute Gasteiger partial charge is 0.490 e. The van der Waals surface area contributed by atoms with E-state index in [1.165, 1.54) is 12.4 Å². The van der Waals surface area contributed by atoms with Crippen LogP contribution in [0.3, 0.4) is 0 Å². The lowest BCUT2D eigenvalue weighted by atomic mass is 10.1. The van der Waals surface area contributed by atoms with Gasteiger partial charge < -0.3 is 9.47 Å². The number of ether oxygens (including phenoxy) is 2. The van der Waals surface area contributed by atoms with Gasteiger partial charge in [0.2, 0.25) is 0 Å². The van der Waals surface area contributed by atoms with Gasteiger partial charge in [-0.05, 0) is 49.2 Å². The Morgan fingerprint density at radius 1 is 1.16 bits per heavy atom. The second-order valence-corrected chi connectivity index (χ2v) is 7.35. The predicted molar refractivity (Wildman–Crippen MR) is 122 cm³/mol. The van der Waals surface area contributed by atoms with Crippen LogP contribution in [0.15, 0.2) is 59.8 Å². The second kappa shape index (κ2) is 10.8. The van der Waals surface area contributed by atoms with Gasteiger partial charge in [-0.3, -0.25) is 4.79 Å².